The van der Waals surface area contributed by atoms with Crippen LogP contribution in [0.5, 0.6) is 0 Å². The third kappa shape index (κ3) is 8.08. The number of guanidine groups is 1. The van der Waals surface area contributed by atoms with E-state index >= 15 is 0 Å². The van der Waals surface area contributed by atoms with Crippen LogP contribution < -0.4 is 5.32 Å². The van der Waals surface area contributed by atoms with Crippen molar-refractivity contribution in [3.8, 4) is 0 Å². The first-order valence-corrected chi connectivity index (χ1v) is 10.0. The van der Waals surface area contributed by atoms with Gasteiger partial charge in [0.2, 0.25) is 5.91 Å². The maximum absolute atomic E-state index is 12.3. The number of nitrogens with one attached hydrogen (secondary N) is 1. The zero-order chi connectivity index (χ0) is 18.7. The van der Waals surface area contributed by atoms with Crippen LogP contribution in [0.25, 0.3) is 0 Å². The van der Waals surface area contributed by atoms with Gasteiger partial charge in [0.05, 0.1) is 6.54 Å². The lowest BCUT2D eigenvalue weighted by atomic mass is 10.0. The lowest BCUT2D eigenvalue weighted by molar-refractivity contribution is -0.131. The first-order chi connectivity index (χ1) is 12.0. The summed E-state index contributed by atoms with van der Waals surface area (Å²) in [5.74, 6) is 1.81. The molecule has 0 aliphatic carbocycles. The van der Waals surface area contributed by atoms with Gasteiger partial charge in [-0.3, -0.25) is 9.79 Å². The van der Waals surface area contributed by atoms with E-state index in [0.29, 0.717) is 6.54 Å². The Morgan fingerprint density at radius 2 is 2.00 bits per heavy atom. The normalized spacial score (nSPS) is 18.9. The second kappa shape index (κ2) is 12.1. The molecule has 6 nitrogen and oxygen atoms in total. The van der Waals surface area contributed by atoms with Crippen molar-refractivity contribution >= 4 is 11.9 Å². The van der Waals surface area contributed by atoms with Gasteiger partial charge in [-0.1, -0.05) is 6.92 Å². The molecule has 0 spiro atoms. The largest absolute Gasteiger partial charge is 0.357 e. The number of piperidine rings is 1. The second-order valence-corrected chi connectivity index (χ2v) is 7.06. The SMILES string of the molecule is CCNC(=NCCCN1CCCC(C)C1)N(C)CC(=O)N(CC)CC. The lowest BCUT2D eigenvalue weighted by Gasteiger charge is -2.30. The van der Waals surface area contributed by atoms with Crippen molar-refractivity contribution in [3.05, 3.63) is 0 Å². The highest BCUT2D eigenvalue weighted by atomic mass is 16.2. The van der Waals surface area contributed by atoms with E-state index in [4.69, 9.17) is 4.99 Å². The van der Waals surface area contributed by atoms with Crippen molar-refractivity contribution in [2.45, 2.75) is 47.0 Å². The molecule has 0 radical (unpaired) electrons. The number of carbonyl (C=O) groups excluding carboxylic acids is 1. The van der Waals surface area contributed by atoms with E-state index < -0.39 is 0 Å². The van der Waals surface area contributed by atoms with Crippen LogP contribution in [-0.4, -0.2) is 86.0 Å². The molecule has 1 aliphatic heterocycles. The van der Waals surface area contributed by atoms with Gasteiger partial charge in [0, 0.05) is 39.8 Å². The minimum atomic E-state index is 0.153. The number of amides is 1. The number of aliphatic imine (C=N–C) groups is 1. The Labute approximate surface area is 154 Å². The Kier molecular flexibility index (Phi) is 10.5. The Bertz CT molecular complexity index is 409. The van der Waals surface area contributed by atoms with Crippen LogP contribution in [0.15, 0.2) is 4.99 Å². The third-order valence-electron chi connectivity index (χ3n) is 4.82. The molecule has 1 aliphatic rings. The molecule has 0 aromatic heterocycles. The fourth-order valence-corrected chi connectivity index (χ4v) is 3.39. The van der Waals surface area contributed by atoms with Crippen LogP contribution in [0, 0.1) is 5.92 Å². The monoisotopic (exact) mass is 353 g/mol. The number of hydrogen-bond acceptors (Lipinski definition) is 3. The molecule has 6 heteroatoms. The number of hydrogen-bond donors (Lipinski definition) is 1. The highest BCUT2D eigenvalue weighted by Gasteiger charge is 2.16. The van der Waals surface area contributed by atoms with Crippen LogP contribution in [0.4, 0.5) is 0 Å². The fourth-order valence-electron chi connectivity index (χ4n) is 3.39. The molecule has 1 amide bonds. The Hall–Kier alpha value is -1.30. The smallest absolute Gasteiger partial charge is 0.242 e. The van der Waals surface area contributed by atoms with Gasteiger partial charge in [0.1, 0.15) is 0 Å². The molecule has 1 N–H and O–H groups in total. The summed E-state index contributed by atoms with van der Waals surface area (Å²) < 4.78 is 0. The summed E-state index contributed by atoms with van der Waals surface area (Å²) in [4.78, 5) is 23.4. The average Bonchev–Trinajstić information content (AvgIpc) is 2.58. The van der Waals surface area contributed by atoms with Crippen molar-refractivity contribution in [2.24, 2.45) is 10.9 Å². The molecule has 1 fully saturated rings. The van der Waals surface area contributed by atoms with E-state index in [-0.39, 0.29) is 5.91 Å². The molecule has 25 heavy (non-hydrogen) atoms. The predicted octanol–water partition coefficient (Wildman–Crippen LogP) is 1.87. The quantitative estimate of drug-likeness (QED) is 0.391. The predicted molar refractivity (Wildman–Crippen MR) is 106 cm³/mol. The summed E-state index contributed by atoms with van der Waals surface area (Å²) in [5.41, 5.74) is 0. The molecule has 0 aromatic rings. The minimum Gasteiger partial charge on any atom is -0.357 e. The first kappa shape index (κ1) is 21.7. The Balaban J connectivity index is 2.45. The van der Waals surface area contributed by atoms with Gasteiger partial charge < -0.3 is 20.0 Å². The highest BCUT2D eigenvalue weighted by molar-refractivity contribution is 5.86. The summed E-state index contributed by atoms with van der Waals surface area (Å²) in [6, 6.07) is 0. The van der Waals surface area contributed by atoms with Gasteiger partial charge in [-0.05, 0) is 59.0 Å². The van der Waals surface area contributed by atoms with Crippen LogP contribution >= 0.6 is 0 Å². The maximum Gasteiger partial charge on any atom is 0.242 e. The second-order valence-electron chi connectivity index (χ2n) is 7.06. The average molecular weight is 354 g/mol. The zero-order valence-corrected chi connectivity index (χ0v) is 17.1. The number of carbonyl (C=O) groups is 1. The molecule has 0 bridgehead atoms. The molecule has 1 atom stereocenters. The molecule has 1 saturated heterocycles. The molecular weight excluding hydrogens is 314 g/mol. The molecule has 1 unspecified atom stereocenters. The van der Waals surface area contributed by atoms with Gasteiger partial charge in [-0.2, -0.15) is 0 Å². The van der Waals surface area contributed by atoms with E-state index in [1.165, 1.54) is 25.9 Å². The van der Waals surface area contributed by atoms with E-state index in [0.717, 1.165) is 51.0 Å². The number of likely N-dealkylation sites (tertiary alicyclic amines) is 1. The summed E-state index contributed by atoms with van der Waals surface area (Å²) in [7, 11) is 1.94. The lowest BCUT2D eigenvalue weighted by Crippen LogP contribution is -2.45. The first-order valence-electron chi connectivity index (χ1n) is 10.0. The third-order valence-corrected chi connectivity index (χ3v) is 4.82. The highest BCUT2D eigenvalue weighted by Crippen LogP contribution is 2.15. The van der Waals surface area contributed by atoms with Crippen molar-refractivity contribution in [2.75, 3.05) is 59.4 Å². The van der Waals surface area contributed by atoms with Gasteiger partial charge in [-0.15, -0.1) is 0 Å². The van der Waals surface area contributed by atoms with Crippen LogP contribution in [-0.2, 0) is 4.79 Å². The topological polar surface area (TPSA) is 51.2 Å². The Morgan fingerprint density at radius 3 is 2.60 bits per heavy atom. The van der Waals surface area contributed by atoms with E-state index in [1.807, 2.05) is 30.7 Å². The van der Waals surface area contributed by atoms with E-state index in [1.54, 1.807) is 0 Å². The van der Waals surface area contributed by atoms with Crippen molar-refractivity contribution < 1.29 is 4.79 Å². The van der Waals surface area contributed by atoms with Crippen molar-refractivity contribution in [3.63, 3.8) is 0 Å². The van der Waals surface area contributed by atoms with Crippen LogP contribution in [0.2, 0.25) is 0 Å². The number of likely N-dealkylation sites (N-methyl/N-ethyl adjacent to an activating group) is 2. The van der Waals surface area contributed by atoms with Gasteiger partial charge in [0.25, 0.3) is 0 Å². The summed E-state index contributed by atoms with van der Waals surface area (Å²) in [6.07, 6.45) is 3.76. The van der Waals surface area contributed by atoms with Crippen LogP contribution in [0.1, 0.15) is 47.0 Å². The molecule has 0 saturated carbocycles. The minimum absolute atomic E-state index is 0.153. The zero-order valence-electron chi connectivity index (χ0n) is 17.1. The van der Waals surface area contributed by atoms with Crippen molar-refractivity contribution in [1.82, 2.24) is 20.0 Å². The van der Waals surface area contributed by atoms with E-state index in [9.17, 15) is 4.79 Å². The fraction of sp³-hybridized carbons (Fsp3) is 0.895. The van der Waals surface area contributed by atoms with Gasteiger partial charge >= 0.3 is 0 Å². The molecule has 0 aromatic carbocycles. The summed E-state index contributed by atoms with van der Waals surface area (Å²) in [5, 5.41) is 3.30. The standard InChI is InChI=1S/C19H39N5O/c1-6-20-19(22(5)16-18(25)24(7-2)8-3)21-12-10-14-23-13-9-11-17(4)15-23/h17H,6-16H2,1-5H3,(H,20,21). The van der Waals surface area contributed by atoms with Crippen LogP contribution in [0.3, 0.4) is 0 Å². The summed E-state index contributed by atoms with van der Waals surface area (Å²) >= 11 is 0. The number of rotatable bonds is 9. The molecular formula is C19H39N5O. The van der Waals surface area contributed by atoms with Crippen molar-refractivity contribution in [1.29, 1.82) is 0 Å². The molecule has 146 valence electrons. The van der Waals surface area contributed by atoms with Gasteiger partial charge in [0.15, 0.2) is 5.96 Å². The maximum atomic E-state index is 12.3. The Morgan fingerprint density at radius 1 is 1.28 bits per heavy atom. The molecule has 1 heterocycles. The van der Waals surface area contributed by atoms with Gasteiger partial charge in [-0.25, -0.2) is 0 Å². The van der Waals surface area contributed by atoms with E-state index in [2.05, 4.69) is 24.1 Å². The molecule has 1 rings (SSSR count). The summed E-state index contributed by atoms with van der Waals surface area (Å²) in [6.45, 7) is 15.5. The number of nitrogens with zero attached hydrogens (tertiary/aromatic N) is 4.